The van der Waals surface area contributed by atoms with Crippen LogP contribution in [0.2, 0.25) is 0 Å². The number of para-hydroxylation sites is 2. The third kappa shape index (κ3) is 7.03. The maximum Gasteiger partial charge on any atom is 0.248 e. The summed E-state index contributed by atoms with van der Waals surface area (Å²) in [6, 6.07) is 17.5. The second-order valence-electron chi connectivity index (χ2n) is 5.03. The van der Waals surface area contributed by atoms with Crippen LogP contribution < -0.4 is 20.9 Å². The van der Waals surface area contributed by atoms with Gasteiger partial charge in [-0.15, -0.1) is 11.8 Å². The van der Waals surface area contributed by atoms with Crippen molar-refractivity contribution in [2.75, 3.05) is 17.7 Å². The molecular formula is C18H21N3O2S2. The highest BCUT2D eigenvalue weighted by Gasteiger charge is 2.06. The zero-order chi connectivity index (χ0) is 17.9. The Balaban J connectivity index is 1.70. The molecule has 25 heavy (non-hydrogen) atoms. The largest absolute Gasteiger partial charge is 0.492 e. The molecule has 0 unspecified atom stereocenters. The van der Waals surface area contributed by atoms with Gasteiger partial charge in [0, 0.05) is 5.75 Å². The number of hydrogen-bond donors (Lipinski definition) is 3. The SMILES string of the molecule is CCOc1ccccc1NC(=S)NNC(=O)CSCc1ccccc1. The average molecular weight is 376 g/mol. The zero-order valence-corrected chi connectivity index (χ0v) is 15.6. The molecule has 3 N–H and O–H groups in total. The van der Waals surface area contributed by atoms with E-state index in [1.54, 1.807) is 11.8 Å². The van der Waals surface area contributed by atoms with E-state index >= 15 is 0 Å². The first kappa shape index (κ1) is 19.1. The molecule has 0 bridgehead atoms. The van der Waals surface area contributed by atoms with E-state index in [0.717, 1.165) is 11.4 Å². The molecule has 2 rings (SSSR count). The van der Waals surface area contributed by atoms with Gasteiger partial charge >= 0.3 is 0 Å². The summed E-state index contributed by atoms with van der Waals surface area (Å²) in [4.78, 5) is 11.9. The van der Waals surface area contributed by atoms with E-state index in [9.17, 15) is 4.79 Å². The summed E-state index contributed by atoms with van der Waals surface area (Å²) in [6.07, 6.45) is 0. The topological polar surface area (TPSA) is 62.4 Å². The van der Waals surface area contributed by atoms with Crippen molar-refractivity contribution < 1.29 is 9.53 Å². The van der Waals surface area contributed by atoms with Crippen molar-refractivity contribution in [3.8, 4) is 5.75 Å². The van der Waals surface area contributed by atoms with E-state index in [4.69, 9.17) is 17.0 Å². The molecule has 0 heterocycles. The maximum atomic E-state index is 11.9. The number of thioether (sulfide) groups is 1. The van der Waals surface area contributed by atoms with Gasteiger partial charge in [0.2, 0.25) is 5.91 Å². The molecule has 0 atom stereocenters. The van der Waals surface area contributed by atoms with Crippen LogP contribution in [0.5, 0.6) is 5.75 Å². The molecule has 0 aliphatic heterocycles. The minimum absolute atomic E-state index is 0.136. The molecule has 2 aromatic carbocycles. The molecule has 132 valence electrons. The van der Waals surface area contributed by atoms with Crippen molar-refractivity contribution in [2.24, 2.45) is 0 Å². The molecule has 0 saturated carbocycles. The van der Waals surface area contributed by atoms with Crippen molar-refractivity contribution >= 4 is 40.7 Å². The van der Waals surface area contributed by atoms with Crippen molar-refractivity contribution in [3.05, 3.63) is 60.2 Å². The third-order valence-corrected chi connectivity index (χ3v) is 4.30. The molecule has 0 aliphatic carbocycles. The van der Waals surface area contributed by atoms with Crippen molar-refractivity contribution in [2.45, 2.75) is 12.7 Å². The molecule has 0 radical (unpaired) electrons. The quantitative estimate of drug-likeness (QED) is 0.510. The lowest BCUT2D eigenvalue weighted by Gasteiger charge is -2.14. The van der Waals surface area contributed by atoms with E-state index in [1.165, 1.54) is 5.56 Å². The number of carbonyl (C=O) groups is 1. The van der Waals surface area contributed by atoms with Crippen LogP contribution in [0, 0.1) is 0 Å². The van der Waals surface area contributed by atoms with Crippen LogP contribution in [0.1, 0.15) is 12.5 Å². The van der Waals surface area contributed by atoms with Crippen LogP contribution in [0.4, 0.5) is 5.69 Å². The molecule has 0 aliphatic rings. The lowest BCUT2D eigenvalue weighted by Crippen LogP contribution is -2.44. The van der Waals surface area contributed by atoms with Crippen molar-refractivity contribution in [3.63, 3.8) is 0 Å². The molecular weight excluding hydrogens is 354 g/mol. The number of hydrazine groups is 1. The predicted molar refractivity (Wildman–Crippen MR) is 108 cm³/mol. The number of thiocarbonyl (C=S) groups is 1. The highest BCUT2D eigenvalue weighted by Crippen LogP contribution is 2.23. The van der Waals surface area contributed by atoms with Gasteiger partial charge in [0.25, 0.3) is 0 Å². The summed E-state index contributed by atoms with van der Waals surface area (Å²) in [7, 11) is 0. The molecule has 5 nitrogen and oxygen atoms in total. The van der Waals surface area contributed by atoms with Gasteiger partial charge in [-0.05, 0) is 36.8 Å². The number of anilines is 1. The normalized spacial score (nSPS) is 9.96. The monoisotopic (exact) mass is 375 g/mol. The Labute approximate surface area is 157 Å². The lowest BCUT2D eigenvalue weighted by atomic mass is 10.2. The first-order valence-electron chi connectivity index (χ1n) is 7.88. The van der Waals surface area contributed by atoms with Gasteiger partial charge in [-0.2, -0.15) is 0 Å². The summed E-state index contributed by atoms with van der Waals surface area (Å²) >= 11 is 6.73. The second kappa shape index (κ2) is 10.6. The van der Waals surface area contributed by atoms with Gasteiger partial charge in [0.05, 0.1) is 18.0 Å². The molecule has 0 fully saturated rings. The van der Waals surface area contributed by atoms with Crippen molar-refractivity contribution in [1.82, 2.24) is 10.9 Å². The fourth-order valence-corrected chi connectivity index (χ4v) is 2.95. The van der Waals surface area contributed by atoms with Gasteiger partial charge in [0.1, 0.15) is 5.75 Å². The summed E-state index contributed by atoms with van der Waals surface area (Å²) in [5, 5.41) is 3.31. The number of carbonyl (C=O) groups excluding carboxylic acids is 1. The average Bonchev–Trinajstić information content (AvgIpc) is 2.63. The lowest BCUT2D eigenvalue weighted by molar-refractivity contribution is -0.119. The van der Waals surface area contributed by atoms with Crippen LogP contribution in [0.3, 0.4) is 0 Å². The van der Waals surface area contributed by atoms with E-state index in [1.807, 2.05) is 61.5 Å². The standard InChI is InChI=1S/C18H21N3O2S2/c1-2-23-16-11-7-6-10-15(16)19-18(24)21-20-17(22)13-25-12-14-8-4-3-5-9-14/h3-11H,2,12-13H2,1H3,(H,20,22)(H2,19,21,24). The predicted octanol–water partition coefficient (Wildman–Crippen LogP) is 3.34. The number of rotatable bonds is 7. The van der Waals surface area contributed by atoms with Crippen LogP contribution in [0.25, 0.3) is 0 Å². The Bertz CT molecular complexity index is 696. The highest BCUT2D eigenvalue weighted by atomic mass is 32.2. The minimum Gasteiger partial charge on any atom is -0.492 e. The van der Waals surface area contributed by atoms with Gasteiger partial charge in [-0.25, -0.2) is 0 Å². The van der Waals surface area contributed by atoms with E-state index in [2.05, 4.69) is 16.2 Å². The summed E-state index contributed by atoms with van der Waals surface area (Å²) in [6.45, 7) is 2.48. The molecule has 0 spiro atoms. The molecule has 1 amide bonds. The van der Waals surface area contributed by atoms with Gasteiger partial charge < -0.3 is 10.1 Å². The third-order valence-electron chi connectivity index (χ3n) is 3.10. The number of amides is 1. The van der Waals surface area contributed by atoms with Gasteiger partial charge in [-0.3, -0.25) is 15.6 Å². The van der Waals surface area contributed by atoms with Crippen LogP contribution in [-0.2, 0) is 10.5 Å². The number of ether oxygens (including phenoxy) is 1. The zero-order valence-electron chi connectivity index (χ0n) is 14.0. The van der Waals surface area contributed by atoms with E-state index in [-0.39, 0.29) is 5.91 Å². The van der Waals surface area contributed by atoms with Crippen LogP contribution >= 0.6 is 24.0 Å². The fourth-order valence-electron chi connectivity index (χ4n) is 2.00. The fraction of sp³-hybridized carbons (Fsp3) is 0.222. The summed E-state index contributed by atoms with van der Waals surface area (Å²) < 4.78 is 5.52. The highest BCUT2D eigenvalue weighted by molar-refractivity contribution is 7.99. The van der Waals surface area contributed by atoms with Crippen LogP contribution in [0.15, 0.2) is 54.6 Å². The molecule has 7 heteroatoms. The van der Waals surface area contributed by atoms with E-state index in [0.29, 0.717) is 23.2 Å². The van der Waals surface area contributed by atoms with Crippen molar-refractivity contribution in [1.29, 1.82) is 0 Å². The van der Waals surface area contributed by atoms with Crippen LogP contribution in [-0.4, -0.2) is 23.4 Å². The molecule has 0 saturated heterocycles. The number of benzene rings is 2. The Morgan fingerprint density at radius 1 is 1.08 bits per heavy atom. The number of nitrogens with one attached hydrogen (secondary N) is 3. The molecule has 2 aromatic rings. The molecule has 0 aromatic heterocycles. The van der Waals surface area contributed by atoms with Gasteiger partial charge in [0.15, 0.2) is 5.11 Å². The first-order chi connectivity index (χ1) is 12.2. The Morgan fingerprint density at radius 2 is 1.80 bits per heavy atom. The smallest absolute Gasteiger partial charge is 0.248 e. The second-order valence-corrected chi connectivity index (χ2v) is 6.43. The van der Waals surface area contributed by atoms with Gasteiger partial charge in [-0.1, -0.05) is 42.5 Å². The number of hydrogen-bond acceptors (Lipinski definition) is 4. The maximum absolute atomic E-state index is 11.9. The summed E-state index contributed by atoms with van der Waals surface area (Å²) in [5.74, 6) is 1.71. The minimum atomic E-state index is -0.136. The first-order valence-corrected chi connectivity index (χ1v) is 9.44. The summed E-state index contributed by atoms with van der Waals surface area (Å²) in [5.41, 5.74) is 7.22. The Hall–Kier alpha value is -2.25. The van der Waals surface area contributed by atoms with E-state index < -0.39 is 0 Å². The Kier molecular flexibility index (Phi) is 8.08. The Morgan fingerprint density at radius 3 is 2.56 bits per heavy atom.